The molecule has 0 radical (unpaired) electrons. The number of carbonyl (C=O) groups is 1. The molecule has 1 saturated carbocycles. The predicted octanol–water partition coefficient (Wildman–Crippen LogP) is 2.41. The van der Waals surface area contributed by atoms with E-state index in [9.17, 15) is 9.90 Å². The van der Waals surface area contributed by atoms with E-state index in [4.69, 9.17) is 4.74 Å². The molecule has 3 heteroatoms. The topological polar surface area (TPSA) is 46.5 Å². The maximum atomic E-state index is 11.9. The summed E-state index contributed by atoms with van der Waals surface area (Å²) in [6, 6.07) is 10.3. The molecule has 1 aromatic carbocycles. The largest absolute Gasteiger partial charge is 0.455 e. The fourth-order valence-corrected chi connectivity index (χ4v) is 4.35. The van der Waals surface area contributed by atoms with Crippen LogP contribution in [0.3, 0.4) is 0 Å². The second-order valence-corrected chi connectivity index (χ2v) is 6.37. The molecule has 0 bridgehead atoms. The molecule has 0 spiro atoms. The van der Waals surface area contributed by atoms with Gasteiger partial charge in [0.15, 0.2) is 0 Å². The highest BCUT2D eigenvalue weighted by molar-refractivity contribution is 5.94. The highest BCUT2D eigenvalue weighted by Gasteiger charge is 2.65. The van der Waals surface area contributed by atoms with E-state index in [0.717, 1.165) is 12.8 Å². The van der Waals surface area contributed by atoms with E-state index in [1.54, 1.807) is 0 Å². The van der Waals surface area contributed by atoms with Crippen LogP contribution >= 0.6 is 0 Å². The number of rotatable bonds is 1. The molecule has 1 aliphatic heterocycles. The molecular weight excluding hydrogens is 252 g/mol. The molecular formula is C17H18O3. The van der Waals surface area contributed by atoms with Gasteiger partial charge >= 0.3 is 5.97 Å². The normalized spacial score (nSPS) is 42.1. The number of allylic oxidation sites excluding steroid dienone is 1. The van der Waals surface area contributed by atoms with Crippen molar-refractivity contribution in [1.82, 2.24) is 0 Å². The lowest BCUT2D eigenvalue weighted by Gasteiger charge is -2.36. The molecule has 1 aromatic rings. The highest BCUT2D eigenvalue weighted by atomic mass is 16.6. The van der Waals surface area contributed by atoms with Gasteiger partial charge in [-0.25, -0.2) is 4.79 Å². The number of ether oxygens (including phenoxy) is 1. The zero-order chi connectivity index (χ0) is 13.9. The standard InChI is InChI=1S/C17H18O3/c1-10-7-13-12(11-5-3-2-4-6-11)9-15-17(13,19)14(8-10)16(18)20-15/h2-6,8,10,12-13,15,19H,7,9H2,1H3. The van der Waals surface area contributed by atoms with Crippen LogP contribution in [0.25, 0.3) is 0 Å². The zero-order valence-electron chi connectivity index (χ0n) is 11.5. The van der Waals surface area contributed by atoms with Crippen molar-refractivity contribution < 1.29 is 14.6 Å². The summed E-state index contributed by atoms with van der Waals surface area (Å²) < 4.78 is 5.45. The molecule has 2 aliphatic carbocycles. The molecule has 4 rings (SSSR count). The van der Waals surface area contributed by atoms with Gasteiger partial charge in [0, 0.05) is 5.92 Å². The van der Waals surface area contributed by atoms with Crippen LogP contribution in [0.1, 0.15) is 31.2 Å². The zero-order valence-corrected chi connectivity index (χ0v) is 11.5. The summed E-state index contributed by atoms with van der Waals surface area (Å²) in [6.07, 6.45) is 3.17. The third-order valence-electron chi connectivity index (χ3n) is 5.22. The lowest BCUT2D eigenvalue weighted by atomic mass is 9.70. The molecule has 3 aliphatic rings. The first-order valence-corrected chi connectivity index (χ1v) is 7.31. The molecule has 0 aromatic heterocycles. The molecule has 20 heavy (non-hydrogen) atoms. The molecule has 1 heterocycles. The molecule has 0 amide bonds. The fourth-order valence-electron chi connectivity index (χ4n) is 4.35. The monoisotopic (exact) mass is 270 g/mol. The Morgan fingerprint density at radius 3 is 2.75 bits per heavy atom. The second-order valence-electron chi connectivity index (χ2n) is 6.37. The third kappa shape index (κ3) is 1.41. The van der Waals surface area contributed by atoms with Crippen LogP contribution in [0.2, 0.25) is 0 Å². The molecule has 3 nitrogen and oxygen atoms in total. The van der Waals surface area contributed by atoms with Crippen LogP contribution < -0.4 is 0 Å². The summed E-state index contributed by atoms with van der Waals surface area (Å²) in [5.41, 5.74) is 0.680. The van der Waals surface area contributed by atoms with Crippen LogP contribution in [-0.4, -0.2) is 22.8 Å². The Labute approximate surface area is 118 Å². The minimum absolute atomic E-state index is 0.0800. The summed E-state index contributed by atoms with van der Waals surface area (Å²) in [7, 11) is 0. The summed E-state index contributed by atoms with van der Waals surface area (Å²) in [5, 5.41) is 11.1. The van der Waals surface area contributed by atoms with E-state index in [1.165, 1.54) is 5.56 Å². The van der Waals surface area contributed by atoms with Gasteiger partial charge in [-0.2, -0.15) is 0 Å². The van der Waals surface area contributed by atoms with Crippen molar-refractivity contribution in [2.75, 3.05) is 0 Å². The Balaban J connectivity index is 1.80. The minimum Gasteiger partial charge on any atom is -0.455 e. The number of carbonyl (C=O) groups excluding carboxylic acids is 1. The minimum atomic E-state index is -1.07. The van der Waals surface area contributed by atoms with Gasteiger partial charge in [-0.15, -0.1) is 0 Å². The van der Waals surface area contributed by atoms with Gasteiger partial charge in [0.05, 0.1) is 5.57 Å². The van der Waals surface area contributed by atoms with Crippen LogP contribution in [0.5, 0.6) is 0 Å². The Morgan fingerprint density at radius 2 is 2.00 bits per heavy atom. The van der Waals surface area contributed by atoms with E-state index in [0.29, 0.717) is 11.5 Å². The summed E-state index contributed by atoms with van der Waals surface area (Å²) in [6.45, 7) is 2.10. The Kier molecular flexibility index (Phi) is 2.40. The van der Waals surface area contributed by atoms with Crippen LogP contribution in [0.15, 0.2) is 42.0 Å². The maximum Gasteiger partial charge on any atom is 0.337 e. The van der Waals surface area contributed by atoms with Crippen LogP contribution in [-0.2, 0) is 9.53 Å². The summed E-state index contributed by atoms with van der Waals surface area (Å²) in [5.74, 6) is 0.341. The lowest BCUT2D eigenvalue weighted by molar-refractivity contribution is -0.140. The van der Waals surface area contributed by atoms with Gasteiger partial charge in [-0.05, 0) is 30.2 Å². The van der Waals surface area contributed by atoms with Gasteiger partial charge in [-0.3, -0.25) is 0 Å². The molecule has 5 unspecified atom stereocenters. The van der Waals surface area contributed by atoms with Gasteiger partial charge in [0.1, 0.15) is 11.7 Å². The van der Waals surface area contributed by atoms with Crippen LogP contribution in [0, 0.1) is 11.8 Å². The summed E-state index contributed by atoms with van der Waals surface area (Å²) >= 11 is 0. The van der Waals surface area contributed by atoms with Crippen molar-refractivity contribution in [3.63, 3.8) is 0 Å². The molecule has 1 saturated heterocycles. The molecule has 1 N–H and O–H groups in total. The quantitative estimate of drug-likeness (QED) is 0.797. The number of benzene rings is 1. The SMILES string of the molecule is CC1C=C2C(=O)OC3CC(c4ccccc4)C(C1)C23O. The van der Waals surface area contributed by atoms with Gasteiger partial charge < -0.3 is 9.84 Å². The van der Waals surface area contributed by atoms with Gasteiger partial charge in [-0.1, -0.05) is 43.3 Å². The van der Waals surface area contributed by atoms with Crippen molar-refractivity contribution in [3.8, 4) is 0 Å². The average molecular weight is 270 g/mol. The van der Waals surface area contributed by atoms with Crippen molar-refractivity contribution in [2.24, 2.45) is 11.8 Å². The van der Waals surface area contributed by atoms with Gasteiger partial charge in [0.2, 0.25) is 0 Å². The van der Waals surface area contributed by atoms with E-state index in [1.807, 2.05) is 24.3 Å². The third-order valence-corrected chi connectivity index (χ3v) is 5.22. The van der Waals surface area contributed by atoms with Crippen molar-refractivity contribution in [2.45, 2.75) is 37.4 Å². The molecule has 104 valence electrons. The predicted molar refractivity (Wildman–Crippen MR) is 74.0 cm³/mol. The maximum absolute atomic E-state index is 11.9. The first-order chi connectivity index (χ1) is 9.60. The molecule has 5 atom stereocenters. The van der Waals surface area contributed by atoms with E-state index in [-0.39, 0.29) is 23.9 Å². The average Bonchev–Trinajstić information content (AvgIpc) is 2.86. The number of aliphatic hydroxyl groups is 1. The number of hydrogen-bond acceptors (Lipinski definition) is 3. The smallest absolute Gasteiger partial charge is 0.337 e. The Morgan fingerprint density at radius 1 is 1.25 bits per heavy atom. The Hall–Kier alpha value is -1.61. The van der Waals surface area contributed by atoms with Crippen LogP contribution in [0.4, 0.5) is 0 Å². The van der Waals surface area contributed by atoms with E-state index >= 15 is 0 Å². The Bertz CT molecular complexity index is 592. The van der Waals surface area contributed by atoms with Crippen molar-refractivity contribution in [3.05, 3.63) is 47.5 Å². The number of hydrogen-bond donors (Lipinski definition) is 1. The van der Waals surface area contributed by atoms with E-state index < -0.39 is 5.60 Å². The highest BCUT2D eigenvalue weighted by Crippen LogP contribution is 2.58. The van der Waals surface area contributed by atoms with Gasteiger partial charge in [0.25, 0.3) is 0 Å². The first kappa shape index (κ1) is 12.2. The molecule has 2 fully saturated rings. The van der Waals surface area contributed by atoms with Crippen molar-refractivity contribution >= 4 is 5.97 Å². The lowest BCUT2D eigenvalue weighted by Crippen LogP contribution is -2.44. The second kappa shape index (κ2) is 3.95. The van der Waals surface area contributed by atoms with E-state index in [2.05, 4.69) is 19.1 Å². The fraction of sp³-hybridized carbons (Fsp3) is 0.471. The number of esters is 1. The summed E-state index contributed by atoms with van der Waals surface area (Å²) in [4.78, 5) is 11.9. The first-order valence-electron chi connectivity index (χ1n) is 7.31. The van der Waals surface area contributed by atoms with Crippen molar-refractivity contribution in [1.29, 1.82) is 0 Å².